The van der Waals surface area contributed by atoms with Gasteiger partial charge in [-0.15, -0.1) is 0 Å². The van der Waals surface area contributed by atoms with Crippen molar-refractivity contribution >= 4 is 10.1 Å². The molecule has 1 aromatic carbocycles. The summed E-state index contributed by atoms with van der Waals surface area (Å²) in [7, 11) is -1.92. The van der Waals surface area contributed by atoms with Gasteiger partial charge in [-0.2, -0.15) is 8.42 Å². The van der Waals surface area contributed by atoms with E-state index in [0.717, 1.165) is 12.8 Å². The lowest BCUT2D eigenvalue weighted by Crippen LogP contribution is -2.39. The molecule has 0 amide bonds. The molecule has 0 aliphatic carbocycles. The first-order chi connectivity index (χ1) is 9.98. The first-order valence-electron chi connectivity index (χ1n) is 6.50. The van der Waals surface area contributed by atoms with Crippen LogP contribution in [0.3, 0.4) is 0 Å². The van der Waals surface area contributed by atoms with Gasteiger partial charge < -0.3 is 23.7 Å². The van der Waals surface area contributed by atoms with Gasteiger partial charge in [0.25, 0.3) is 0 Å². The second-order valence-corrected chi connectivity index (χ2v) is 6.22. The highest BCUT2D eigenvalue weighted by Crippen LogP contribution is 2.35. The molecule has 7 nitrogen and oxygen atoms in total. The van der Waals surface area contributed by atoms with Crippen LogP contribution in [0.15, 0.2) is 18.2 Å². The fourth-order valence-corrected chi connectivity index (χ4v) is 2.31. The van der Waals surface area contributed by atoms with Gasteiger partial charge >= 0.3 is 10.1 Å². The van der Waals surface area contributed by atoms with E-state index < -0.39 is 10.1 Å². The van der Waals surface area contributed by atoms with Gasteiger partial charge in [0.2, 0.25) is 0 Å². The summed E-state index contributed by atoms with van der Waals surface area (Å²) >= 11 is 0. The van der Waals surface area contributed by atoms with E-state index in [1.54, 1.807) is 13.2 Å². The van der Waals surface area contributed by atoms with E-state index in [-0.39, 0.29) is 11.9 Å². The average Bonchev–Trinajstić information content (AvgIpc) is 2.41. The third-order valence-corrected chi connectivity index (χ3v) is 3.23. The van der Waals surface area contributed by atoms with Crippen molar-refractivity contribution in [3.05, 3.63) is 18.2 Å². The zero-order chi connectivity index (χ0) is 15.3. The molecular formula is C13H19NO6S. The Morgan fingerprint density at radius 2 is 2.19 bits per heavy atom. The van der Waals surface area contributed by atoms with Gasteiger partial charge in [0, 0.05) is 26.3 Å². The Balaban J connectivity index is 1.96. The third-order valence-electron chi connectivity index (χ3n) is 2.74. The highest BCUT2D eigenvalue weighted by molar-refractivity contribution is 7.86. The minimum absolute atomic E-state index is 0.150. The molecule has 118 valence electrons. The van der Waals surface area contributed by atoms with Gasteiger partial charge in [0.1, 0.15) is 18.5 Å². The molecule has 1 unspecified atom stereocenters. The predicted molar refractivity (Wildman–Crippen MR) is 76.6 cm³/mol. The zero-order valence-corrected chi connectivity index (χ0v) is 12.8. The molecule has 8 heteroatoms. The van der Waals surface area contributed by atoms with Crippen molar-refractivity contribution < 1.29 is 26.8 Å². The number of methoxy groups -OCH3 is 1. The summed E-state index contributed by atoms with van der Waals surface area (Å²) in [5, 5.41) is 3.18. The van der Waals surface area contributed by atoms with Crippen LogP contribution in [-0.2, 0) is 14.9 Å². The summed E-state index contributed by atoms with van der Waals surface area (Å²) in [6, 6.07) is 4.67. The van der Waals surface area contributed by atoms with Crippen LogP contribution in [0.2, 0.25) is 0 Å². The number of nitrogens with one attached hydrogen (secondary N) is 1. The van der Waals surface area contributed by atoms with E-state index >= 15 is 0 Å². The van der Waals surface area contributed by atoms with Gasteiger partial charge in [-0.05, 0) is 12.1 Å². The van der Waals surface area contributed by atoms with Crippen LogP contribution in [0.4, 0.5) is 0 Å². The summed E-state index contributed by atoms with van der Waals surface area (Å²) < 4.78 is 43.3. The first-order valence-corrected chi connectivity index (χ1v) is 8.32. The molecule has 21 heavy (non-hydrogen) atoms. The number of ether oxygens (including phenoxy) is 3. The molecule has 0 saturated heterocycles. The Morgan fingerprint density at radius 1 is 1.38 bits per heavy atom. The van der Waals surface area contributed by atoms with Crippen LogP contribution in [0.1, 0.15) is 0 Å². The van der Waals surface area contributed by atoms with Crippen LogP contribution >= 0.6 is 0 Å². The quantitative estimate of drug-likeness (QED) is 0.576. The van der Waals surface area contributed by atoms with E-state index in [1.807, 2.05) is 0 Å². The summed E-state index contributed by atoms with van der Waals surface area (Å²) in [6.45, 7) is 2.39. The summed E-state index contributed by atoms with van der Waals surface area (Å²) in [6.07, 6.45) is 0.842. The number of fused-ring (bicyclic) bond motifs is 1. The lowest BCUT2D eigenvalue weighted by molar-refractivity contribution is 0.0882. The lowest BCUT2D eigenvalue weighted by atomic mass is 10.2. The maximum Gasteiger partial charge on any atom is 0.306 e. The molecule has 1 atom stereocenters. The molecule has 0 aromatic heterocycles. The van der Waals surface area contributed by atoms with Gasteiger partial charge in [-0.25, -0.2) is 0 Å². The van der Waals surface area contributed by atoms with Crippen molar-refractivity contribution in [2.75, 3.05) is 39.7 Å². The molecule has 0 fully saturated rings. The fraction of sp³-hybridized carbons (Fsp3) is 0.538. The van der Waals surface area contributed by atoms with Crippen molar-refractivity contribution in [1.82, 2.24) is 5.32 Å². The largest absolute Gasteiger partial charge is 0.486 e. The first kappa shape index (κ1) is 15.9. The van der Waals surface area contributed by atoms with E-state index in [9.17, 15) is 8.42 Å². The second kappa shape index (κ2) is 6.97. The molecule has 1 N–H and O–H groups in total. The van der Waals surface area contributed by atoms with Crippen LogP contribution < -0.4 is 19.0 Å². The average molecular weight is 317 g/mol. The molecule has 1 aliphatic rings. The Labute approximate surface area is 124 Å². The molecule has 0 radical (unpaired) electrons. The number of hydrogen-bond acceptors (Lipinski definition) is 7. The summed E-state index contributed by atoms with van der Waals surface area (Å²) in [4.78, 5) is 0. The number of rotatable bonds is 7. The molecule has 0 saturated carbocycles. The van der Waals surface area contributed by atoms with Crippen molar-refractivity contribution in [3.8, 4) is 17.2 Å². The van der Waals surface area contributed by atoms with Crippen molar-refractivity contribution in [3.63, 3.8) is 0 Å². The molecule has 1 heterocycles. The topological polar surface area (TPSA) is 83.1 Å². The van der Waals surface area contributed by atoms with E-state index in [1.165, 1.54) is 12.1 Å². The maximum atomic E-state index is 11.1. The Kier molecular flexibility index (Phi) is 5.27. The smallest absolute Gasteiger partial charge is 0.306 e. The Bertz CT molecular complexity index is 574. The summed E-state index contributed by atoms with van der Waals surface area (Å²) in [5.41, 5.74) is 0. The minimum atomic E-state index is -3.56. The third kappa shape index (κ3) is 5.07. The van der Waals surface area contributed by atoms with Gasteiger partial charge in [-0.3, -0.25) is 0 Å². The maximum absolute atomic E-state index is 11.1. The minimum Gasteiger partial charge on any atom is -0.486 e. The van der Waals surface area contributed by atoms with E-state index in [2.05, 4.69) is 5.32 Å². The second-order valence-electron chi connectivity index (χ2n) is 4.64. The van der Waals surface area contributed by atoms with Crippen LogP contribution in [0, 0.1) is 0 Å². The zero-order valence-electron chi connectivity index (χ0n) is 12.0. The summed E-state index contributed by atoms with van der Waals surface area (Å²) in [5.74, 6) is 1.25. The predicted octanol–water partition coefficient (Wildman–Crippen LogP) is 0.401. The Morgan fingerprint density at radius 3 is 2.90 bits per heavy atom. The van der Waals surface area contributed by atoms with Gasteiger partial charge in [-0.1, -0.05) is 0 Å². The molecule has 2 rings (SSSR count). The molecular weight excluding hydrogens is 298 g/mol. The lowest BCUT2D eigenvalue weighted by Gasteiger charge is -2.27. The van der Waals surface area contributed by atoms with Gasteiger partial charge in [0.15, 0.2) is 11.5 Å². The van der Waals surface area contributed by atoms with Crippen molar-refractivity contribution in [2.24, 2.45) is 0 Å². The molecule has 1 aromatic rings. The SMILES string of the molecule is COCCNCC1COc2ccc(OS(C)(=O)=O)cc2O1. The van der Waals surface area contributed by atoms with Crippen molar-refractivity contribution in [1.29, 1.82) is 0 Å². The number of benzene rings is 1. The highest BCUT2D eigenvalue weighted by atomic mass is 32.2. The monoisotopic (exact) mass is 317 g/mol. The molecule has 0 bridgehead atoms. The molecule has 1 aliphatic heterocycles. The molecule has 0 spiro atoms. The van der Waals surface area contributed by atoms with E-state index in [0.29, 0.717) is 31.3 Å². The fourth-order valence-electron chi connectivity index (χ4n) is 1.86. The normalized spacial score (nSPS) is 17.5. The van der Waals surface area contributed by atoms with Crippen LogP contribution in [0.25, 0.3) is 0 Å². The van der Waals surface area contributed by atoms with Gasteiger partial charge in [0.05, 0.1) is 12.9 Å². The highest BCUT2D eigenvalue weighted by Gasteiger charge is 2.21. The number of hydrogen-bond donors (Lipinski definition) is 1. The van der Waals surface area contributed by atoms with Crippen molar-refractivity contribution in [2.45, 2.75) is 6.10 Å². The standard InChI is InChI=1S/C13H19NO6S/c1-17-6-5-14-8-11-9-18-12-4-3-10(7-13(12)19-11)20-21(2,15)16/h3-4,7,11,14H,5-6,8-9H2,1-2H3. The van der Waals surface area contributed by atoms with Crippen LogP contribution in [-0.4, -0.2) is 54.2 Å². The van der Waals surface area contributed by atoms with E-state index in [4.69, 9.17) is 18.4 Å². The van der Waals surface area contributed by atoms with Crippen LogP contribution in [0.5, 0.6) is 17.2 Å². The Hall–Kier alpha value is -1.51.